The fourth-order valence-electron chi connectivity index (χ4n) is 1.62. The number of amides is 1. The number of benzene rings is 1. The number of esters is 1. The van der Waals surface area contributed by atoms with E-state index in [1.165, 1.54) is 32.2 Å². The van der Waals surface area contributed by atoms with E-state index >= 15 is 0 Å². The second kappa shape index (κ2) is 7.77. The molecule has 1 aromatic carbocycles. The van der Waals surface area contributed by atoms with E-state index in [4.69, 9.17) is 4.74 Å². The van der Waals surface area contributed by atoms with Crippen LogP contribution in [0.15, 0.2) is 30.9 Å². The summed E-state index contributed by atoms with van der Waals surface area (Å²) in [6, 6.07) is 3.88. The van der Waals surface area contributed by atoms with Crippen LogP contribution in [0.25, 0.3) is 0 Å². The lowest BCUT2D eigenvalue weighted by Gasteiger charge is -2.13. The van der Waals surface area contributed by atoms with Crippen molar-refractivity contribution in [3.05, 3.63) is 46.5 Å². The second-order valence-corrected chi connectivity index (χ2v) is 4.32. The number of carbonyl (C=O) groups excluding carboxylic acids is 2. The standard InChI is InChI=1S/C14H17N3O5/c1-4-7-16-13(18)9(2)22-14(19)10-5-6-11(15-3)12(8-10)17(20)21/h4-6,8-9,15H,1,7H2,2-3H3,(H,16,18)/t9-/m0/s1. The lowest BCUT2D eigenvalue weighted by molar-refractivity contribution is -0.384. The van der Waals surface area contributed by atoms with E-state index in [0.717, 1.165) is 6.07 Å². The molecule has 0 saturated carbocycles. The van der Waals surface area contributed by atoms with Gasteiger partial charge in [0.1, 0.15) is 5.69 Å². The van der Waals surface area contributed by atoms with Crippen LogP contribution in [0, 0.1) is 10.1 Å². The first kappa shape index (κ1) is 17.2. The molecule has 8 nitrogen and oxygen atoms in total. The summed E-state index contributed by atoms with van der Waals surface area (Å²) in [5, 5.41) is 16.1. The highest BCUT2D eigenvalue weighted by atomic mass is 16.6. The van der Waals surface area contributed by atoms with Crippen molar-refractivity contribution in [3.63, 3.8) is 0 Å². The zero-order valence-corrected chi connectivity index (χ0v) is 12.3. The quantitative estimate of drug-likeness (QED) is 0.342. The van der Waals surface area contributed by atoms with Gasteiger partial charge in [-0.3, -0.25) is 14.9 Å². The van der Waals surface area contributed by atoms with Gasteiger partial charge in [0.05, 0.1) is 10.5 Å². The Morgan fingerprint density at radius 2 is 2.18 bits per heavy atom. The van der Waals surface area contributed by atoms with Crippen molar-refractivity contribution < 1.29 is 19.2 Å². The Balaban J connectivity index is 2.85. The number of hydrogen-bond donors (Lipinski definition) is 2. The van der Waals surface area contributed by atoms with Crippen LogP contribution in [0.5, 0.6) is 0 Å². The Morgan fingerprint density at radius 1 is 1.50 bits per heavy atom. The fourth-order valence-corrected chi connectivity index (χ4v) is 1.62. The van der Waals surface area contributed by atoms with Gasteiger partial charge in [-0.1, -0.05) is 6.08 Å². The minimum Gasteiger partial charge on any atom is -0.449 e. The van der Waals surface area contributed by atoms with Gasteiger partial charge in [-0.2, -0.15) is 0 Å². The van der Waals surface area contributed by atoms with E-state index in [1.54, 1.807) is 0 Å². The molecule has 1 rings (SSSR count). The summed E-state index contributed by atoms with van der Waals surface area (Å²) in [5.41, 5.74) is 0.0214. The highest BCUT2D eigenvalue weighted by Crippen LogP contribution is 2.25. The highest BCUT2D eigenvalue weighted by molar-refractivity contribution is 5.93. The number of rotatable bonds is 7. The lowest BCUT2D eigenvalue weighted by Crippen LogP contribution is -2.35. The molecule has 0 aliphatic heterocycles. The first-order chi connectivity index (χ1) is 10.4. The van der Waals surface area contributed by atoms with Gasteiger partial charge in [-0.15, -0.1) is 6.58 Å². The smallest absolute Gasteiger partial charge is 0.339 e. The monoisotopic (exact) mass is 307 g/mol. The molecular formula is C14H17N3O5. The highest BCUT2D eigenvalue weighted by Gasteiger charge is 2.21. The van der Waals surface area contributed by atoms with E-state index in [2.05, 4.69) is 17.2 Å². The minimum atomic E-state index is -1.02. The van der Waals surface area contributed by atoms with Gasteiger partial charge in [0.15, 0.2) is 6.10 Å². The SMILES string of the molecule is C=CCNC(=O)[C@H](C)OC(=O)c1ccc(NC)c([N+](=O)[O-])c1. The van der Waals surface area contributed by atoms with Crippen molar-refractivity contribution in [2.75, 3.05) is 18.9 Å². The maximum absolute atomic E-state index is 11.9. The topological polar surface area (TPSA) is 111 Å². The maximum Gasteiger partial charge on any atom is 0.339 e. The van der Waals surface area contributed by atoms with Crippen LogP contribution in [0.3, 0.4) is 0 Å². The summed E-state index contributed by atoms with van der Waals surface area (Å²) in [6.07, 6.45) is 0.474. The zero-order valence-electron chi connectivity index (χ0n) is 12.3. The Morgan fingerprint density at radius 3 is 2.73 bits per heavy atom. The Bertz CT molecular complexity index is 600. The molecule has 2 N–H and O–H groups in total. The van der Waals surface area contributed by atoms with Crippen LogP contribution < -0.4 is 10.6 Å². The molecule has 0 unspecified atom stereocenters. The van der Waals surface area contributed by atoms with Gasteiger partial charge in [0.25, 0.3) is 11.6 Å². The van der Waals surface area contributed by atoms with Crippen LogP contribution in [-0.4, -0.2) is 36.5 Å². The van der Waals surface area contributed by atoms with Gasteiger partial charge >= 0.3 is 5.97 Å². The third-order valence-electron chi connectivity index (χ3n) is 2.77. The third kappa shape index (κ3) is 4.30. The molecule has 0 radical (unpaired) electrons. The van der Waals surface area contributed by atoms with Crippen molar-refractivity contribution in [1.29, 1.82) is 0 Å². The molecule has 1 amide bonds. The summed E-state index contributed by atoms with van der Waals surface area (Å²) < 4.78 is 4.98. The van der Waals surface area contributed by atoms with E-state index in [9.17, 15) is 19.7 Å². The number of nitrogens with zero attached hydrogens (tertiary/aromatic N) is 1. The van der Waals surface area contributed by atoms with E-state index in [1.807, 2.05) is 0 Å². The third-order valence-corrected chi connectivity index (χ3v) is 2.77. The van der Waals surface area contributed by atoms with Gasteiger partial charge in [0, 0.05) is 19.7 Å². The summed E-state index contributed by atoms with van der Waals surface area (Å²) >= 11 is 0. The molecule has 0 aromatic heterocycles. The molecule has 8 heteroatoms. The summed E-state index contributed by atoms with van der Waals surface area (Å²) in [7, 11) is 1.53. The first-order valence-corrected chi connectivity index (χ1v) is 6.46. The lowest BCUT2D eigenvalue weighted by atomic mass is 10.1. The number of hydrogen-bond acceptors (Lipinski definition) is 6. The molecule has 0 aliphatic carbocycles. The molecular weight excluding hydrogens is 290 g/mol. The van der Waals surface area contributed by atoms with E-state index < -0.39 is 22.9 Å². The molecule has 0 heterocycles. The number of carbonyl (C=O) groups is 2. The van der Waals surface area contributed by atoms with E-state index in [0.29, 0.717) is 0 Å². The molecule has 1 aromatic rings. The van der Waals surface area contributed by atoms with Crippen LogP contribution in [0.1, 0.15) is 17.3 Å². The average molecular weight is 307 g/mol. The number of ether oxygens (including phenoxy) is 1. The van der Waals surface area contributed by atoms with Crippen LogP contribution in [0.4, 0.5) is 11.4 Å². The number of nitro benzene ring substituents is 1. The summed E-state index contributed by atoms with van der Waals surface area (Å²) in [4.78, 5) is 33.9. The minimum absolute atomic E-state index is 0.00549. The Labute approximate surface area is 127 Å². The van der Waals surface area contributed by atoms with Crippen molar-refractivity contribution in [2.45, 2.75) is 13.0 Å². The molecule has 1 atom stereocenters. The largest absolute Gasteiger partial charge is 0.449 e. The summed E-state index contributed by atoms with van der Waals surface area (Å²) in [6.45, 7) is 5.11. The van der Waals surface area contributed by atoms with Gasteiger partial charge in [0.2, 0.25) is 0 Å². The van der Waals surface area contributed by atoms with Gasteiger partial charge in [-0.05, 0) is 19.1 Å². The predicted octanol–water partition coefficient (Wildman–Crippen LogP) is 1.48. The normalized spacial score (nSPS) is 11.2. The summed E-state index contributed by atoms with van der Waals surface area (Å²) in [5.74, 6) is -1.29. The molecule has 0 fully saturated rings. The van der Waals surface area contributed by atoms with Crippen LogP contribution >= 0.6 is 0 Å². The van der Waals surface area contributed by atoms with Gasteiger partial charge < -0.3 is 15.4 Å². The molecule has 118 valence electrons. The van der Waals surface area contributed by atoms with E-state index in [-0.39, 0.29) is 23.5 Å². The Hall–Kier alpha value is -2.90. The number of nitrogens with one attached hydrogen (secondary N) is 2. The molecule has 0 bridgehead atoms. The van der Waals surface area contributed by atoms with Crippen molar-refractivity contribution in [2.24, 2.45) is 0 Å². The maximum atomic E-state index is 11.9. The number of nitro groups is 1. The zero-order chi connectivity index (χ0) is 16.7. The Kier molecular flexibility index (Phi) is 6.06. The van der Waals surface area contributed by atoms with Crippen LogP contribution in [-0.2, 0) is 9.53 Å². The van der Waals surface area contributed by atoms with Crippen LogP contribution in [0.2, 0.25) is 0 Å². The molecule has 0 saturated heterocycles. The van der Waals surface area contributed by atoms with Gasteiger partial charge in [-0.25, -0.2) is 4.79 Å². The van der Waals surface area contributed by atoms with Crippen molar-refractivity contribution in [1.82, 2.24) is 5.32 Å². The molecule has 22 heavy (non-hydrogen) atoms. The average Bonchev–Trinajstić information content (AvgIpc) is 2.51. The molecule has 0 spiro atoms. The predicted molar refractivity (Wildman–Crippen MR) is 80.7 cm³/mol. The fraction of sp³-hybridized carbons (Fsp3) is 0.286. The molecule has 0 aliphatic rings. The second-order valence-electron chi connectivity index (χ2n) is 4.32. The van der Waals surface area contributed by atoms with Crippen molar-refractivity contribution in [3.8, 4) is 0 Å². The first-order valence-electron chi connectivity index (χ1n) is 6.46. The number of anilines is 1. The van der Waals surface area contributed by atoms with Crippen molar-refractivity contribution >= 4 is 23.3 Å².